The molecular formula is C9H20ClNO2S. The first kappa shape index (κ1) is 14.2. The van der Waals surface area contributed by atoms with E-state index in [0.29, 0.717) is 24.6 Å². The van der Waals surface area contributed by atoms with Crippen LogP contribution in [0, 0.1) is 5.92 Å². The highest BCUT2D eigenvalue weighted by Gasteiger charge is 2.14. The summed E-state index contributed by atoms with van der Waals surface area (Å²) in [5.41, 5.74) is 0. The van der Waals surface area contributed by atoms with Gasteiger partial charge in [0.1, 0.15) is 0 Å². The Morgan fingerprint density at radius 1 is 1.21 bits per heavy atom. The predicted molar refractivity (Wildman–Crippen MR) is 61.2 cm³/mol. The van der Waals surface area contributed by atoms with E-state index in [0.717, 1.165) is 0 Å². The Hall–Kier alpha value is 0.200. The number of alkyl halides is 1. The molecule has 5 heteroatoms. The van der Waals surface area contributed by atoms with Gasteiger partial charge in [-0.05, 0) is 25.7 Å². The maximum Gasteiger partial charge on any atom is 0.211 e. The molecule has 0 saturated heterocycles. The van der Waals surface area contributed by atoms with Gasteiger partial charge in [-0.2, -0.15) is 0 Å². The second-order valence-corrected chi connectivity index (χ2v) is 6.25. The first-order chi connectivity index (χ1) is 6.37. The first-order valence-corrected chi connectivity index (χ1v) is 7.12. The number of hydrogen-bond acceptors (Lipinski definition) is 2. The summed E-state index contributed by atoms with van der Waals surface area (Å²) in [4.78, 5) is 0. The highest BCUT2D eigenvalue weighted by molar-refractivity contribution is 7.89. The van der Waals surface area contributed by atoms with Crippen LogP contribution in [-0.2, 0) is 10.0 Å². The minimum absolute atomic E-state index is 0.0651. The van der Waals surface area contributed by atoms with E-state index in [-0.39, 0.29) is 11.8 Å². The fraction of sp³-hybridized carbons (Fsp3) is 1.00. The van der Waals surface area contributed by atoms with Crippen LogP contribution in [0.4, 0.5) is 0 Å². The Kier molecular flexibility index (Phi) is 6.74. The maximum absolute atomic E-state index is 11.5. The molecule has 0 saturated carbocycles. The van der Waals surface area contributed by atoms with Crippen LogP contribution in [0.25, 0.3) is 0 Å². The Labute approximate surface area is 92.3 Å². The van der Waals surface area contributed by atoms with E-state index in [2.05, 4.69) is 4.72 Å². The molecule has 1 unspecified atom stereocenters. The summed E-state index contributed by atoms with van der Waals surface area (Å²) in [6.45, 7) is 5.85. The van der Waals surface area contributed by atoms with Crippen molar-refractivity contribution >= 4 is 21.6 Å². The van der Waals surface area contributed by atoms with Crippen molar-refractivity contribution in [3.8, 4) is 0 Å². The number of nitrogens with one attached hydrogen (secondary N) is 1. The van der Waals surface area contributed by atoms with Crippen molar-refractivity contribution in [2.24, 2.45) is 5.92 Å². The van der Waals surface area contributed by atoms with Crippen molar-refractivity contribution in [3.63, 3.8) is 0 Å². The van der Waals surface area contributed by atoms with Crippen LogP contribution >= 0.6 is 11.6 Å². The number of halogens is 1. The lowest BCUT2D eigenvalue weighted by Crippen LogP contribution is -2.34. The van der Waals surface area contributed by atoms with Crippen molar-refractivity contribution in [3.05, 3.63) is 0 Å². The van der Waals surface area contributed by atoms with Gasteiger partial charge in [-0.1, -0.05) is 13.8 Å². The zero-order valence-corrected chi connectivity index (χ0v) is 10.7. The molecule has 1 atom stereocenters. The largest absolute Gasteiger partial charge is 0.212 e. The molecule has 0 heterocycles. The molecule has 0 amide bonds. The van der Waals surface area contributed by atoms with Gasteiger partial charge >= 0.3 is 0 Å². The van der Waals surface area contributed by atoms with Crippen LogP contribution in [0.5, 0.6) is 0 Å². The smallest absolute Gasteiger partial charge is 0.211 e. The fourth-order valence-electron chi connectivity index (χ4n) is 0.979. The average Bonchev–Trinajstić information content (AvgIpc) is 2.00. The topological polar surface area (TPSA) is 46.2 Å². The van der Waals surface area contributed by atoms with Crippen molar-refractivity contribution < 1.29 is 8.42 Å². The molecule has 0 aromatic carbocycles. The van der Waals surface area contributed by atoms with Gasteiger partial charge in [0.05, 0.1) is 5.75 Å². The molecule has 1 N–H and O–H groups in total. The molecule has 0 bridgehead atoms. The molecule has 86 valence electrons. The summed E-state index contributed by atoms with van der Waals surface area (Å²) in [5.74, 6) is 1.10. The maximum atomic E-state index is 11.5. The molecule has 0 fully saturated rings. The van der Waals surface area contributed by atoms with Gasteiger partial charge < -0.3 is 0 Å². The quantitative estimate of drug-likeness (QED) is 0.693. The van der Waals surface area contributed by atoms with Gasteiger partial charge in [0.25, 0.3) is 0 Å². The number of hydrogen-bond donors (Lipinski definition) is 1. The van der Waals surface area contributed by atoms with Gasteiger partial charge in [-0.15, -0.1) is 11.6 Å². The average molecular weight is 242 g/mol. The van der Waals surface area contributed by atoms with E-state index in [4.69, 9.17) is 11.6 Å². The molecule has 14 heavy (non-hydrogen) atoms. The van der Waals surface area contributed by atoms with E-state index in [1.165, 1.54) is 0 Å². The van der Waals surface area contributed by atoms with Gasteiger partial charge in [-0.3, -0.25) is 0 Å². The summed E-state index contributed by atoms with van der Waals surface area (Å²) >= 11 is 5.52. The van der Waals surface area contributed by atoms with Crippen LogP contribution in [0.2, 0.25) is 0 Å². The van der Waals surface area contributed by atoms with Gasteiger partial charge in [0, 0.05) is 11.9 Å². The summed E-state index contributed by atoms with van der Waals surface area (Å²) in [6.07, 6.45) is 1.37. The molecule has 0 radical (unpaired) electrons. The minimum Gasteiger partial charge on any atom is -0.212 e. The second kappa shape index (κ2) is 6.64. The highest BCUT2D eigenvalue weighted by Crippen LogP contribution is 2.03. The molecule has 0 aliphatic carbocycles. The first-order valence-electron chi connectivity index (χ1n) is 4.93. The lowest BCUT2D eigenvalue weighted by molar-refractivity contribution is 0.542. The normalized spacial score (nSPS) is 14.6. The van der Waals surface area contributed by atoms with E-state index >= 15 is 0 Å². The standard InChI is InChI=1S/C9H20ClNO2S/c1-8(2)5-7-14(12,13)11-9(3)4-6-10/h8-9,11H,4-7H2,1-3H3. The summed E-state index contributed by atoms with van der Waals surface area (Å²) < 4.78 is 25.5. The van der Waals surface area contributed by atoms with Crippen LogP contribution in [0.3, 0.4) is 0 Å². The minimum atomic E-state index is -3.11. The van der Waals surface area contributed by atoms with E-state index in [1.807, 2.05) is 20.8 Å². The lowest BCUT2D eigenvalue weighted by Gasteiger charge is -2.13. The fourth-order valence-corrected chi connectivity index (χ4v) is 2.94. The molecule has 0 aliphatic heterocycles. The third-order valence-electron chi connectivity index (χ3n) is 1.89. The molecule has 0 rings (SSSR count). The number of sulfonamides is 1. The second-order valence-electron chi connectivity index (χ2n) is 4.00. The molecule has 3 nitrogen and oxygen atoms in total. The van der Waals surface area contributed by atoms with Gasteiger partial charge in [0.2, 0.25) is 10.0 Å². The van der Waals surface area contributed by atoms with Crippen LogP contribution in [-0.4, -0.2) is 26.1 Å². The zero-order chi connectivity index (χ0) is 11.2. The molecule has 0 spiro atoms. The summed E-state index contributed by atoms with van der Waals surface area (Å²) in [6, 6.07) is -0.0651. The highest BCUT2D eigenvalue weighted by atomic mass is 35.5. The van der Waals surface area contributed by atoms with Crippen LogP contribution < -0.4 is 4.72 Å². The van der Waals surface area contributed by atoms with E-state index in [1.54, 1.807) is 0 Å². The van der Waals surface area contributed by atoms with Crippen LogP contribution in [0.15, 0.2) is 0 Å². The Balaban J connectivity index is 3.95. The van der Waals surface area contributed by atoms with Gasteiger partial charge in [-0.25, -0.2) is 13.1 Å². The van der Waals surface area contributed by atoms with Crippen molar-refractivity contribution in [1.82, 2.24) is 4.72 Å². The molecule has 0 aliphatic rings. The zero-order valence-electron chi connectivity index (χ0n) is 9.09. The van der Waals surface area contributed by atoms with E-state index in [9.17, 15) is 8.42 Å². The summed E-state index contributed by atoms with van der Waals surface area (Å²) in [5, 5.41) is 0. The third kappa shape index (κ3) is 7.59. The molecule has 0 aromatic heterocycles. The third-order valence-corrected chi connectivity index (χ3v) is 3.64. The predicted octanol–water partition coefficient (Wildman–Crippen LogP) is 1.97. The SMILES string of the molecule is CC(C)CCS(=O)(=O)NC(C)CCCl. The molecular weight excluding hydrogens is 222 g/mol. The Morgan fingerprint density at radius 2 is 1.79 bits per heavy atom. The number of rotatable bonds is 7. The van der Waals surface area contributed by atoms with Crippen molar-refractivity contribution in [1.29, 1.82) is 0 Å². The van der Waals surface area contributed by atoms with Crippen molar-refractivity contribution in [2.45, 2.75) is 39.7 Å². The Bertz CT molecular complexity index is 239. The monoisotopic (exact) mass is 241 g/mol. The van der Waals surface area contributed by atoms with Crippen molar-refractivity contribution in [2.75, 3.05) is 11.6 Å². The molecule has 0 aromatic rings. The van der Waals surface area contributed by atoms with E-state index < -0.39 is 10.0 Å². The lowest BCUT2D eigenvalue weighted by atomic mass is 10.2. The summed E-state index contributed by atoms with van der Waals surface area (Å²) in [7, 11) is -3.11. The Morgan fingerprint density at radius 3 is 2.21 bits per heavy atom. The van der Waals surface area contributed by atoms with Gasteiger partial charge in [0.15, 0.2) is 0 Å². The van der Waals surface area contributed by atoms with Crippen LogP contribution in [0.1, 0.15) is 33.6 Å².